The lowest BCUT2D eigenvalue weighted by molar-refractivity contribution is 1.35. The number of hydrazine groups is 1. The van der Waals surface area contributed by atoms with Crippen LogP contribution < -0.4 is 11.3 Å². The smallest absolute Gasteiger partial charge is 0.0570 e. The van der Waals surface area contributed by atoms with E-state index >= 15 is 0 Å². The van der Waals surface area contributed by atoms with Crippen molar-refractivity contribution in [1.82, 2.24) is 0 Å². The average Bonchev–Trinajstić information content (AvgIpc) is 2.73. The lowest BCUT2D eigenvalue weighted by atomic mass is 9.86. The number of hydrogen-bond acceptors (Lipinski definition) is 2. The largest absolute Gasteiger partial charge is 0.323 e. The topological polar surface area (TPSA) is 38.0 Å². The number of anilines is 1. The summed E-state index contributed by atoms with van der Waals surface area (Å²) in [5, 5.41) is 0. The molecule has 0 radical (unpaired) electrons. The van der Waals surface area contributed by atoms with Crippen LogP contribution >= 0.6 is 0 Å². The Morgan fingerprint density at radius 2 is 1.14 bits per heavy atom. The minimum atomic E-state index is 0.918. The molecule has 138 valence electrons. The molecule has 0 fully saturated rings. The van der Waals surface area contributed by atoms with Gasteiger partial charge in [0, 0.05) is 5.56 Å². The van der Waals surface area contributed by atoms with E-state index in [1.807, 2.05) is 6.07 Å². The molecule has 0 aliphatic rings. The van der Waals surface area contributed by atoms with Gasteiger partial charge in [-0.3, -0.25) is 5.84 Å². The zero-order valence-corrected chi connectivity index (χ0v) is 16.2. The predicted octanol–water partition coefficient (Wildman–Crippen LogP) is 6.59. The van der Waals surface area contributed by atoms with Crippen LogP contribution in [0.15, 0.2) is 91.0 Å². The van der Waals surface area contributed by atoms with Gasteiger partial charge in [0.2, 0.25) is 0 Å². The molecule has 0 aromatic heterocycles. The van der Waals surface area contributed by atoms with Crippen molar-refractivity contribution in [2.45, 2.75) is 13.8 Å². The predicted molar refractivity (Wildman–Crippen MR) is 120 cm³/mol. The third-order valence-corrected chi connectivity index (χ3v) is 5.06. The minimum Gasteiger partial charge on any atom is -0.323 e. The highest BCUT2D eigenvalue weighted by molar-refractivity contribution is 6.00. The van der Waals surface area contributed by atoms with Crippen molar-refractivity contribution in [3.05, 3.63) is 102 Å². The second kappa shape index (κ2) is 7.71. The summed E-state index contributed by atoms with van der Waals surface area (Å²) in [4.78, 5) is 0. The Balaban J connectivity index is 2.11. The third-order valence-electron chi connectivity index (χ3n) is 5.06. The highest BCUT2D eigenvalue weighted by atomic mass is 15.2. The average molecular weight is 364 g/mol. The Hall–Kier alpha value is -3.36. The normalized spacial score (nSPS) is 10.7. The van der Waals surface area contributed by atoms with Gasteiger partial charge < -0.3 is 5.43 Å². The fourth-order valence-electron chi connectivity index (χ4n) is 3.78. The summed E-state index contributed by atoms with van der Waals surface area (Å²) < 4.78 is 0. The summed E-state index contributed by atoms with van der Waals surface area (Å²) >= 11 is 0. The first kappa shape index (κ1) is 18.0. The number of nitrogens with one attached hydrogen (secondary N) is 1. The first-order valence-electron chi connectivity index (χ1n) is 9.50. The van der Waals surface area contributed by atoms with Crippen LogP contribution in [0.1, 0.15) is 11.1 Å². The molecule has 4 aromatic carbocycles. The molecule has 0 heterocycles. The number of nitrogens with two attached hydrogens (primary N) is 1. The molecule has 4 rings (SSSR count). The molecule has 2 nitrogen and oxygen atoms in total. The molecule has 3 N–H and O–H groups in total. The summed E-state index contributed by atoms with van der Waals surface area (Å²) in [5.41, 5.74) is 13.3. The van der Waals surface area contributed by atoms with E-state index < -0.39 is 0 Å². The van der Waals surface area contributed by atoms with Crippen molar-refractivity contribution in [2.75, 3.05) is 5.43 Å². The molecule has 0 atom stereocenters. The van der Waals surface area contributed by atoms with Gasteiger partial charge in [0.15, 0.2) is 0 Å². The molecule has 0 aliphatic heterocycles. The molecule has 0 unspecified atom stereocenters. The first-order chi connectivity index (χ1) is 13.7. The molecule has 0 saturated carbocycles. The molecule has 4 aromatic rings. The summed E-state index contributed by atoms with van der Waals surface area (Å²) in [6.45, 7) is 4.25. The Kier molecular flexibility index (Phi) is 4.96. The van der Waals surface area contributed by atoms with Crippen LogP contribution in [0.3, 0.4) is 0 Å². The SMILES string of the molecule is Cc1cccc(-c2c(NN)ccc(-c3ccccc3)c2-c2cccc(C)c2)c1. The monoisotopic (exact) mass is 364 g/mol. The second-order valence-electron chi connectivity index (χ2n) is 7.16. The van der Waals surface area contributed by atoms with Gasteiger partial charge in [-0.2, -0.15) is 0 Å². The number of nitrogen functional groups attached to an aromatic ring is 1. The van der Waals surface area contributed by atoms with Crippen LogP contribution in [0.25, 0.3) is 33.4 Å². The van der Waals surface area contributed by atoms with Gasteiger partial charge in [-0.15, -0.1) is 0 Å². The van der Waals surface area contributed by atoms with E-state index in [9.17, 15) is 0 Å². The molecule has 28 heavy (non-hydrogen) atoms. The molecule has 0 amide bonds. The summed E-state index contributed by atoms with van der Waals surface area (Å²) in [6.07, 6.45) is 0. The summed E-state index contributed by atoms with van der Waals surface area (Å²) in [7, 11) is 0. The first-order valence-corrected chi connectivity index (χ1v) is 9.50. The van der Waals surface area contributed by atoms with E-state index in [1.165, 1.54) is 33.4 Å². The number of rotatable bonds is 4. The molecule has 0 bridgehead atoms. The summed E-state index contributed by atoms with van der Waals surface area (Å²) in [5.74, 6) is 5.94. The van der Waals surface area contributed by atoms with Crippen molar-refractivity contribution < 1.29 is 0 Å². The second-order valence-corrected chi connectivity index (χ2v) is 7.16. The van der Waals surface area contributed by atoms with Crippen LogP contribution in [-0.2, 0) is 0 Å². The van der Waals surface area contributed by atoms with Gasteiger partial charge in [-0.05, 0) is 47.7 Å². The number of hydrogen-bond donors (Lipinski definition) is 2. The van der Waals surface area contributed by atoms with Crippen molar-refractivity contribution >= 4 is 5.69 Å². The van der Waals surface area contributed by atoms with Crippen LogP contribution in [0.5, 0.6) is 0 Å². The third kappa shape index (κ3) is 3.42. The molecule has 0 spiro atoms. The van der Waals surface area contributed by atoms with Gasteiger partial charge in [0.1, 0.15) is 0 Å². The maximum Gasteiger partial charge on any atom is 0.0570 e. The van der Waals surface area contributed by atoms with Crippen molar-refractivity contribution in [3.63, 3.8) is 0 Å². The van der Waals surface area contributed by atoms with Crippen LogP contribution in [0.4, 0.5) is 5.69 Å². The van der Waals surface area contributed by atoms with E-state index in [0.29, 0.717) is 0 Å². The minimum absolute atomic E-state index is 0.918. The van der Waals surface area contributed by atoms with Crippen molar-refractivity contribution in [1.29, 1.82) is 0 Å². The Morgan fingerprint density at radius 3 is 1.71 bits per heavy atom. The van der Waals surface area contributed by atoms with E-state index in [2.05, 4.69) is 104 Å². The van der Waals surface area contributed by atoms with Crippen molar-refractivity contribution in [2.24, 2.45) is 5.84 Å². The van der Waals surface area contributed by atoms with Crippen LogP contribution in [0.2, 0.25) is 0 Å². The van der Waals surface area contributed by atoms with Gasteiger partial charge >= 0.3 is 0 Å². The molecule has 2 heteroatoms. The lowest BCUT2D eigenvalue weighted by Gasteiger charge is -2.20. The Bertz CT molecular complexity index is 1110. The van der Waals surface area contributed by atoms with Crippen molar-refractivity contribution in [3.8, 4) is 33.4 Å². The summed E-state index contributed by atoms with van der Waals surface area (Å²) in [6, 6.07) is 32.0. The van der Waals surface area contributed by atoms with E-state index in [-0.39, 0.29) is 0 Å². The van der Waals surface area contributed by atoms with Crippen LogP contribution in [-0.4, -0.2) is 0 Å². The van der Waals surface area contributed by atoms with Gasteiger partial charge in [-0.1, -0.05) is 96.1 Å². The fourth-order valence-corrected chi connectivity index (χ4v) is 3.78. The maximum absolute atomic E-state index is 5.94. The zero-order valence-electron chi connectivity index (χ0n) is 16.2. The van der Waals surface area contributed by atoms with Crippen LogP contribution in [0, 0.1) is 13.8 Å². The van der Waals surface area contributed by atoms with Gasteiger partial charge in [-0.25, -0.2) is 0 Å². The van der Waals surface area contributed by atoms with E-state index in [4.69, 9.17) is 5.84 Å². The number of aryl methyl sites for hydroxylation is 2. The standard InChI is InChI=1S/C26H24N2/c1-18-8-6-12-21(16-18)25-23(20-10-4-3-5-11-20)14-15-24(28-27)26(25)22-13-7-9-19(2)17-22/h3-17,28H,27H2,1-2H3. The highest BCUT2D eigenvalue weighted by Gasteiger charge is 2.18. The quantitative estimate of drug-likeness (QED) is 0.317. The highest BCUT2D eigenvalue weighted by Crippen LogP contribution is 2.44. The van der Waals surface area contributed by atoms with E-state index in [1.54, 1.807) is 0 Å². The maximum atomic E-state index is 5.94. The molecular weight excluding hydrogens is 340 g/mol. The van der Waals surface area contributed by atoms with E-state index in [0.717, 1.165) is 16.8 Å². The fraction of sp³-hybridized carbons (Fsp3) is 0.0769. The zero-order chi connectivity index (χ0) is 19.5. The Morgan fingerprint density at radius 1 is 0.571 bits per heavy atom. The van der Waals surface area contributed by atoms with Gasteiger partial charge in [0.25, 0.3) is 0 Å². The molecule has 0 aliphatic carbocycles. The number of benzene rings is 4. The molecule has 0 saturated heterocycles. The Labute approximate surface area is 166 Å². The lowest BCUT2D eigenvalue weighted by Crippen LogP contribution is -2.09. The molecular formula is C26H24N2. The van der Waals surface area contributed by atoms with Gasteiger partial charge in [0.05, 0.1) is 5.69 Å².